The first kappa shape index (κ1) is 18.2. The highest BCUT2D eigenvalue weighted by Gasteiger charge is 2.14. The van der Waals surface area contributed by atoms with E-state index >= 15 is 0 Å². The van der Waals surface area contributed by atoms with Crippen molar-refractivity contribution in [1.82, 2.24) is 14.1 Å². The molecule has 0 bridgehead atoms. The Morgan fingerprint density at radius 1 is 0.893 bits per heavy atom. The molecule has 0 spiro atoms. The molecule has 0 radical (unpaired) electrons. The van der Waals surface area contributed by atoms with Crippen LogP contribution in [-0.2, 0) is 13.1 Å². The number of rotatable bonds is 4. The number of hydrogen-bond acceptors (Lipinski definition) is 3. The molecule has 0 atom stereocenters. The van der Waals surface area contributed by atoms with E-state index in [1.54, 1.807) is 29.0 Å². The molecule has 2 heterocycles. The lowest BCUT2D eigenvalue weighted by atomic mass is 10.1. The number of hydrogen-bond donors (Lipinski definition) is 0. The molecule has 0 aliphatic heterocycles. The maximum atomic E-state index is 13.2. The minimum Gasteiger partial charge on any atom is -0.287 e. The molecule has 2 aromatic carbocycles. The van der Waals surface area contributed by atoms with Crippen LogP contribution in [0.1, 0.15) is 16.7 Å². The fourth-order valence-electron chi connectivity index (χ4n) is 3.23. The first-order valence-corrected chi connectivity index (χ1v) is 9.29. The van der Waals surface area contributed by atoms with Crippen LogP contribution >= 0.6 is 11.6 Å². The minimum atomic E-state index is -0.386. The molecular weight excluding hydrogens is 374 g/mol. The van der Waals surface area contributed by atoms with E-state index in [2.05, 4.69) is 4.98 Å². The van der Waals surface area contributed by atoms with Crippen molar-refractivity contribution < 1.29 is 0 Å². The summed E-state index contributed by atoms with van der Waals surface area (Å²) in [4.78, 5) is 30.4. The maximum absolute atomic E-state index is 13.2. The Morgan fingerprint density at radius 2 is 1.64 bits per heavy atom. The first-order chi connectivity index (χ1) is 13.5. The third kappa shape index (κ3) is 3.49. The Balaban J connectivity index is 1.89. The van der Waals surface area contributed by atoms with Crippen molar-refractivity contribution in [2.45, 2.75) is 20.0 Å². The summed E-state index contributed by atoms with van der Waals surface area (Å²) >= 11 is 6.09. The molecule has 2 aromatic heterocycles. The van der Waals surface area contributed by atoms with E-state index in [0.717, 1.165) is 16.7 Å². The average molecular weight is 392 g/mol. The fraction of sp³-hybridized carbons (Fsp3) is 0.136. The highest BCUT2D eigenvalue weighted by atomic mass is 35.5. The fourth-order valence-corrected chi connectivity index (χ4v) is 3.44. The summed E-state index contributed by atoms with van der Waals surface area (Å²) in [5.41, 5.74) is 2.91. The van der Waals surface area contributed by atoms with Crippen molar-refractivity contribution in [3.63, 3.8) is 0 Å². The van der Waals surface area contributed by atoms with Crippen LogP contribution in [0.4, 0.5) is 0 Å². The molecule has 140 valence electrons. The van der Waals surface area contributed by atoms with Crippen LogP contribution in [0.25, 0.3) is 11.0 Å². The largest absolute Gasteiger partial charge is 0.332 e. The van der Waals surface area contributed by atoms with E-state index in [9.17, 15) is 9.59 Å². The van der Waals surface area contributed by atoms with Crippen LogP contribution in [0.5, 0.6) is 0 Å². The normalized spacial score (nSPS) is 11.1. The van der Waals surface area contributed by atoms with Crippen LogP contribution in [0, 0.1) is 6.92 Å². The molecule has 0 aliphatic carbocycles. The molecule has 4 rings (SSSR count). The maximum Gasteiger partial charge on any atom is 0.332 e. The lowest BCUT2D eigenvalue weighted by Gasteiger charge is -2.14. The molecule has 0 N–H and O–H groups in total. The Labute approximate surface area is 166 Å². The zero-order valence-corrected chi connectivity index (χ0v) is 16.1. The van der Waals surface area contributed by atoms with Gasteiger partial charge in [-0.05, 0) is 42.3 Å². The molecule has 0 amide bonds. The van der Waals surface area contributed by atoms with Gasteiger partial charge >= 0.3 is 5.69 Å². The van der Waals surface area contributed by atoms with E-state index in [1.165, 1.54) is 4.57 Å². The molecule has 0 saturated heterocycles. The Kier molecular flexibility index (Phi) is 4.84. The van der Waals surface area contributed by atoms with Crippen molar-refractivity contribution in [3.8, 4) is 0 Å². The second-order valence-electron chi connectivity index (χ2n) is 6.75. The van der Waals surface area contributed by atoms with Crippen LogP contribution in [-0.4, -0.2) is 14.1 Å². The van der Waals surface area contributed by atoms with Gasteiger partial charge < -0.3 is 0 Å². The van der Waals surface area contributed by atoms with Crippen LogP contribution < -0.4 is 11.2 Å². The first-order valence-electron chi connectivity index (χ1n) is 8.91. The molecule has 0 saturated carbocycles. The molecule has 5 nitrogen and oxygen atoms in total. The number of benzene rings is 2. The Bertz CT molecular complexity index is 1270. The molecule has 4 aromatic rings. The quantitative estimate of drug-likeness (QED) is 0.534. The van der Waals surface area contributed by atoms with E-state index < -0.39 is 0 Å². The van der Waals surface area contributed by atoms with Gasteiger partial charge in [-0.1, -0.05) is 53.6 Å². The number of aromatic nitrogens is 3. The molecular formula is C22H18ClN3O2. The van der Waals surface area contributed by atoms with Gasteiger partial charge in [-0.25, -0.2) is 9.78 Å². The number of aryl methyl sites for hydroxylation is 1. The number of halogens is 1. The van der Waals surface area contributed by atoms with Gasteiger partial charge in [0, 0.05) is 11.2 Å². The smallest absolute Gasteiger partial charge is 0.287 e. The van der Waals surface area contributed by atoms with Crippen molar-refractivity contribution in [1.29, 1.82) is 0 Å². The molecule has 6 heteroatoms. The Morgan fingerprint density at radius 3 is 2.39 bits per heavy atom. The summed E-state index contributed by atoms with van der Waals surface area (Å²) < 4.78 is 2.81. The van der Waals surface area contributed by atoms with Gasteiger partial charge in [0.15, 0.2) is 5.52 Å². The monoisotopic (exact) mass is 391 g/mol. The van der Waals surface area contributed by atoms with Crippen LogP contribution in [0.15, 0.2) is 76.4 Å². The lowest BCUT2D eigenvalue weighted by molar-refractivity contribution is 0.633. The molecule has 28 heavy (non-hydrogen) atoms. The topological polar surface area (TPSA) is 56.9 Å². The Hall–Kier alpha value is -3.18. The SMILES string of the molecule is Cc1ccc(Cn2c(=O)c3ncccc3n(Cc3cccc(Cl)c3)c2=O)cc1. The van der Waals surface area contributed by atoms with E-state index in [4.69, 9.17) is 11.6 Å². The third-order valence-corrected chi connectivity index (χ3v) is 4.91. The van der Waals surface area contributed by atoms with Gasteiger partial charge in [0.25, 0.3) is 5.56 Å². The van der Waals surface area contributed by atoms with Crippen molar-refractivity contribution in [2.24, 2.45) is 0 Å². The zero-order chi connectivity index (χ0) is 19.7. The second kappa shape index (κ2) is 7.44. The number of nitrogens with zero attached hydrogens (tertiary/aromatic N) is 3. The van der Waals surface area contributed by atoms with E-state index in [-0.39, 0.29) is 23.3 Å². The van der Waals surface area contributed by atoms with E-state index in [0.29, 0.717) is 17.1 Å². The predicted octanol–water partition coefficient (Wildman–Crippen LogP) is 3.62. The molecule has 0 fully saturated rings. The molecule has 0 unspecified atom stereocenters. The summed E-state index contributed by atoms with van der Waals surface area (Å²) in [6, 6.07) is 18.6. The highest BCUT2D eigenvalue weighted by Crippen LogP contribution is 2.14. The zero-order valence-electron chi connectivity index (χ0n) is 15.3. The lowest BCUT2D eigenvalue weighted by Crippen LogP contribution is -2.40. The van der Waals surface area contributed by atoms with Gasteiger partial charge in [0.1, 0.15) is 0 Å². The number of pyridine rings is 1. The summed E-state index contributed by atoms with van der Waals surface area (Å²) in [5.74, 6) is 0. The van der Waals surface area contributed by atoms with Gasteiger partial charge in [-0.15, -0.1) is 0 Å². The molecule has 0 aliphatic rings. The minimum absolute atomic E-state index is 0.194. The summed E-state index contributed by atoms with van der Waals surface area (Å²) in [6.07, 6.45) is 1.56. The van der Waals surface area contributed by atoms with Crippen molar-refractivity contribution in [2.75, 3.05) is 0 Å². The van der Waals surface area contributed by atoms with Gasteiger partial charge in [0.2, 0.25) is 0 Å². The van der Waals surface area contributed by atoms with Gasteiger partial charge in [0.05, 0.1) is 18.6 Å². The van der Waals surface area contributed by atoms with Crippen molar-refractivity contribution >= 4 is 22.6 Å². The third-order valence-electron chi connectivity index (χ3n) is 4.68. The van der Waals surface area contributed by atoms with Crippen LogP contribution in [0.2, 0.25) is 5.02 Å². The number of fused-ring (bicyclic) bond motifs is 1. The summed E-state index contributed by atoms with van der Waals surface area (Å²) in [7, 11) is 0. The second-order valence-corrected chi connectivity index (χ2v) is 7.18. The summed E-state index contributed by atoms with van der Waals surface area (Å²) in [5, 5.41) is 0.598. The van der Waals surface area contributed by atoms with Crippen LogP contribution in [0.3, 0.4) is 0 Å². The standard InChI is InChI=1S/C22H18ClN3O2/c1-15-7-9-16(10-8-15)13-26-21(27)20-19(6-3-11-24-20)25(22(26)28)14-17-4-2-5-18(23)12-17/h2-12H,13-14H2,1H3. The van der Waals surface area contributed by atoms with Gasteiger partial charge in [-0.2, -0.15) is 0 Å². The van der Waals surface area contributed by atoms with Crippen molar-refractivity contribution in [3.05, 3.63) is 109 Å². The summed E-state index contributed by atoms with van der Waals surface area (Å²) in [6.45, 7) is 2.49. The van der Waals surface area contributed by atoms with Gasteiger partial charge in [-0.3, -0.25) is 13.9 Å². The predicted molar refractivity (Wildman–Crippen MR) is 111 cm³/mol. The van der Waals surface area contributed by atoms with E-state index in [1.807, 2.05) is 49.4 Å². The highest BCUT2D eigenvalue weighted by molar-refractivity contribution is 6.30. The average Bonchev–Trinajstić information content (AvgIpc) is 2.70.